The lowest BCUT2D eigenvalue weighted by Crippen LogP contribution is -2.33. The predicted octanol–water partition coefficient (Wildman–Crippen LogP) is 0.833. The van der Waals surface area contributed by atoms with Crippen molar-refractivity contribution in [2.45, 2.75) is 26.3 Å². The first-order valence-corrected chi connectivity index (χ1v) is 3.56. The van der Waals surface area contributed by atoms with E-state index in [0.717, 1.165) is 0 Å². The van der Waals surface area contributed by atoms with Gasteiger partial charge < -0.3 is 9.84 Å². The van der Waals surface area contributed by atoms with Crippen LogP contribution < -0.4 is 5.32 Å². The Labute approximate surface area is 66.0 Å². The van der Waals surface area contributed by atoms with Crippen molar-refractivity contribution < 1.29 is 4.52 Å². The molecule has 0 spiro atoms. The Hall–Kier alpha value is -0.900. The van der Waals surface area contributed by atoms with Crippen molar-refractivity contribution in [3.05, 3.63) is 11.7 Å². The molecule has 1 N–H and O–H groups in total. The lowest BCUT2D eigenvalue weighted by Gasteiger charge is -2.17. The first-order valence-electron chi connectivity index (χ1n) is 3.56. The normalized spacial score (nSPS) is 12.0. The molecule has 1 aromatic rings. The maximum atomic E-state index is 5.00. The van der Waals surface area contributed by atoms with Gasteiger partial charge in [-0.05, 0) is 27.8 Å². The second-order valence-electron chi connectivity index (χ2n) is 3.02. The van der Waals surface area contributed by atoms with Crippen molar-refractivity contribution in [3.8, 4) is 0 Å². The van der Waals surface area contributed by atoms with Gasteiger partial charge in [-0.1, -0.05) is 5.16 Å². The molecule has 0 atom stereocenters. The summed E-state index contributed by atoms with van der Waals surface area (Å²) in [5.41, 5.74) is -0.235. The van der Waals surface area contributed by atoms with Crippen LogP contribution in [0.4, 0.5) is 0 Å². The molecule has 0 fully saturated rings. The van der Waals surface area contributed by atoms with Gasteiger partial charge in [-0.3, -0.25) is 0 Å². The Bertz CT molecular complexity index is 242. The fourth-order valence-corrected chi connectivity index (χ4v) is 0.658. The fraction of sp³-hybridized carbons (Fsp3) is 0.714. The van der Waals surface area contributed by atoms with Crippen LogP contribution in [-0.4, -0.2) is 17.2 Å². The highest BCUT2D eigenvalue weighted by atomic mass is 16.5. The SMILES string of the molecule is CNC(C)(C)c1nc(C)no1. The number of hydrogen-bond acceptors (Lipinski definition) is 4. The van der Waals surface area contributed by atoms with Gasteiger partial charge in [0.25, 0.3) is 0 Å². The molecule has 0 aliphatic carbocycles. The quantitative estimate of drug-likeness (QED) is 0.687. The van der Waals surface area contributed by atoms with Gasteiger partial charge in [0.2, 0.25) is 5.89 Å². The second kappa shape index (κ2) is 2.62. The van der Waals surface area contributed by atoms with Crippen LogP contribution in [0.15, 0.2) is 4.52 Å². The van der Waals surface area contributed by atoms with Crippen molar-refractivity contribution in [1.29, 1.82) is 0 Å². The molecule has 4 heteroatoms. The van der Waals surface area contributed by atoms with Crippen LogP contribution in [-0.2, 0) is 5.54 Å². The Morgan fingerprint density at radius 2 is 2.09 bits per heavy atom. The number of nitrogens with zero attached hydrogens (tertiary/aromatic N) is 2. The summed E-state index contributed by atoms with van der Waals surface area (Å²) in [6.07, 6.45) is 0. The van der Waals surface area contributed by atoms with E-state index in [2.05, 4.69) is 15.5 Å². The zero-order valence-electron chi connectivity index (χ0n) is 7.30. The van der Waals surface area contributed by atoms with Crippen molar-refractivity contribution in [3.63, 3.8) is 0 Å². The van der Waals surface area contributed by atoms with Gasteiger partial charge in [0, 0.05) is 0 Å². The minimum atomic E-state index is -0.235. The van der Waals surface area contributed by atoms with Crippen molar-refractivity contribution >= 4 is 0 Å². The van der Waals surface area contributed by atoms with E-state index in [1.54, 1.807) is 6.92 Å². The molecule has 0 saturated heterocycles. The summed E-state index contributed by atoms with van der Waals surface area (Å²) in [5, 5.41) is 6.78. The molecule has 0 saturated carbocycles. The van der Waals surface area contributed by atoms with Crippen LogP contribution in [0.1, 0.15) is 25.6 Å². The lowest BCUT2D eigenvalue weighted by molar-refractivity contribution is 0.280. The number of nitrogens with one attached hydrogen (secondary N) is 1. The Morgan fingerprint density at radius 3 is 2.45 bits per heavy atom. The van der Waals surface area contributed by atoms with Gasteiger partial charge in [0.15, 0.2) is 5.82 Å². The third-order valence-corrected chi connectivity index (χ3v) is 1.69. The summed E-state index contributed by atoms with van der Waals surface area (Å²) in [7, 11) is 1.86. The molecule has 0 radical (unpaired) electrons. The largest absolute Gasteiger partial charge is 0.337 e. The Kier molecular flexibility index (Phi) is 1.95. The van der Waals surface area contributed by atoms with Gasteiger partial charge in [0.05, 0.1) is 5.54 Å². The zero-order valence-corrected chi connectivity index (χ0v) is 7.30. The molecule has 0 aliphatic rings. The maximum Gasteiger partial charge on any atom is 0.246 e. The molecule has 0 bridgehead atoms. The highest BCUT2D eigenvalue weighted by Crippen LogP contribution is 2.16. The van der Waals surface area contributed by atoms with E-state index in [4.69, 9.17) is 4.52 Å². The third-order valence-electron chi connectivity index (χ3n) is 1.69. The second-order valence-corrected chi connectivity index (χ2v) is 3.02. The Morgan fingerprint density at radius 1 is 1.45 bits per heavy atom. The smallest absolute Gasteiger partial charge is 0.246 e. The van der Waals surface area contributed by atoms with Crippen LogP contribution in [0.5, 0.6) is 0 Å². The number of hydrogen-bond donors (Lipinski definition) is 1. The highest BCUT2D eigenvalue weighted by Gasteiger charge is 2.24. The number of rotatable bonds is 2. The number of aromatic nitrogens is 2. The molecule has 1 heterocycles. The lowest BCUT2D eigenvalue weighted by atomic mass is 10.1. The average Bonchev–Trinajstić information content (AvgIpc) is 2.36. The topological polar surface area (TPSA) is 51.0 Å². The summed E-state index contributed by atoms with van der Waals surface area (Å²) in [6.45, 7) is 5.78. The van der Waals surface area contributed by atoms with E-state index in [9.17, 15) is 0 Å². The molecule has 0 aliphatic heterocycles. The van der Waals surface area contributed by atoms with Crippen LogP contribution in [0.2, 0.25) is 0 Å². The third kappa shape index (κ3) is 1.57. The monoisotopic (exact) mass is 155 g/mol. The summed E-state index contributed by atoms with van der Waals surface area (Å²) < 4.78 is 5.00. The molecule has 1 aromatic heterocycles. The van der Waals surface area contributed by atoms with E-state index in [-0.39, 0.29) is 5.54 Å². The van der Waals surface area contributed by atoms with E-state index < -0.39 is 0 Å². The van der Waals surface area contributed by atoms with E-state index in [1.807, 2.05) is 20.9 Å². The minimum absolute atomic E-state index is 0.235. The van der Waals surface area contributed by atoms with Crippen LogP contribution >= 0.6 is 0 Å². The predicted molar refractivity (Wildman–Crippen MR) is 41.1 cm³/mol. The van der Waals surface area contributed by atoms with E-state index in [1.165, 1.54) is 0 Å². The first-order chi connectivity index (χ1) is 5.06. The van der Waals surface area contributed by atoms with E-state index >= 15 is 0 Å². The minimum Gasteiger partial charge on any atom is -0.337 e. The van der Waals surface area contributed by atoms with Crippen molar-refractivity contribution in [2.24, 2.45) is 0 Å². The highest BCUT2D eigenvalue weighted by molar-refractivity contribution is 4.97. The molecule has 1 rings (SSSR count). The van der Waals surface area contributed by atoms with Gasteiger partial charge in [-0.25, -0.2) is 0 Å². The van der Waals surface area contributed by atoms with Gasteiger partial charge in [0.1, 0.15) is 0 Å². The molecule has 62 valence electrons. The Balaban J connectivity index is 2.92. The maximum absolute atomic E-state index is 5.00. The standard InChI is InChI=1S/C7H13N3O/c1-5-9-6(11-10-5)7(2,3)8-4/h8H,1-4H3. The van der Waals surface area contributed by atoms with Crippen molar-refractivity contribution in [2.75, 3.05) is 7.05 Å². The molecule has 0 amide bonds. The van der Waals surface area contributed by atoms with E-state index in [0.29, 0.717) is 11.7 Å². The number of aryl methyl sites for hydroxylation is 1. The zero-order chi connectivity index (χ0) is 8.48. The summed E-state index contributed by atoms with van der Waals surface area (Å²) in [5.74, 6) is 1.29. The fourth-order valence-electron chi connectivity index (χ4n) is 0.658. The first kappa shape index (κ1) is 8.20. The van der Waals surface area contributed by atoms with Gasteiger partial charge in [-0.2, -0.15) is 4.98 Å². The van der Waals surface area contributed by atoms with Crippen LogP contribution in [0.25, 0.3) is 0 Å². The summed E-state index contributed by atoms with van der Waals surface area (Å²) in [4.78, 5) is 4.11. The molecule has 11 heavy (non-hydrogen) atoms. The molecule has 0 aromatic carbocycles. The average molecular weight is 155 g/mol. The van der Waals surface area contributed by atoms with Crippen LogP contribution in [0, 0.1) is 6.92 Å². The molecular formula is C7H13N3O. The van der Waals surface area contributed by atoms with Crippen LogP contribution in [0.3, 0.4) is 0 Å². The van der Waals surface area contributed by atoms with Gasteiger partial charge >= 0.3 is 0 Å². The molecule has 4 nitrogen and oxygen atoms in total. The molecular weight excluding hydrogens is 142 g/mol. The summed E-state index contributed by atoms with van der Waals surface area (Å²) >= 11 is 0. The molecule has 0 unspecified atom stereocenters. The summed E-state index contributed by atoms with van der Waals surface area (Å²) in [6, 6.07) is 0. The van der Waals surface area contributed by atoms with Crippen molar-refractivity contribution in [1.82, 2.24) is 15.5 Å². The van der Waals surface area contributed by atoms with Gasteiger partial charge in [-0.15, -0.1) is 0 Å².